The van der Waals surface area contributed by atoms with Gasteiger partial charge in [-0.1, -0.05) is 48.5 Å². The van der Waals surface area contributed by atoms with E-state index in [0.717, 1.165) is 13.0 Å². The second kappa shape index (κ2) is 13.5. The summed E-state index contributed by atoms with van der Waals surface area (Å²) in [6.45, 7) is 17.7. The Kier molecular flexibility index (Phi) is 13.2. The summed E-state index contributed by atoms with van der Waals surface area (Å²) in [5, 5.41) is 22.2. The van der Waals surface area contributed by atoms with Gasteiger partial charge in [-0.3, -0.25) is 4.79 Å². The molecule has 0 bridgehead atoms. The zero-order valence-electron chi connectivity index (χ0n) is 18.9. The van der Waals surface area contributed by atoms with Gasteiger partial charge < -0.3 is 20.3 Å². The van der Waals surface area contributed by atoms with Gasteiger partial charge in [-0.05, 0) is 44.1 Å². The monoisotopic (exact) mass is 388 g/mol. The Morgan fingerprint density at radius 1 is 1.07 bits per heavy atom. The van der Waals surface area contributed by atoms with Crippen molar-refractivity contribution in [1.29, 1.82) is 0 Å². The van der Waals surface area contributed by atoms with E-state index < -0.39 is 18.1 Å². The summed E-state index contributed by atoms with van der Waals surface area (Å²) in [6.07, 6.45) is 1.17. The summed E-state index contributed by atoms with van der Waals surface area (Å²) in [5.41, 5.74) is 0. The van der Waals surface area contributed by atoms with Gasteiger partial charge in [-0.2, -0.15) is 0 Å². The molecule has 5 nitrogen and oxygen atoms in total. The van der Waals surface area contributed by atoms with Crippen LogP contribution in [0.3, 0.4) is 0 Å². The summed E-state index contributed by atoms with van der Waals surface area (Å²) in [5.74, 6) is 0.556. The van der Waals surface area contributed by atoms with Crippen molar-refractivity contribution in [1.82, 2.24) is 5.32 Å². The second-order valence-corrected chi connectivity index (χ2v) is 8.39. The van der Waals surface area contributed by atoms with Crippen molar-refractivity contribution < 1.29 is 19.7 Å². The van der Waals surface area contributed by atoms with Crippen LogP contribution in [0.5, 0.6) is 0 Å². The Hall–Kier alpha value is -0.650. The number of β-amino-alcohol motifs (C(OH)–C–C–N with tert-alkyl or cyclic N) is 1. The number of carbonyl (C=O) groups is 1. The van der Waals surface area contributed by atoms with Gasteiger partial charge in [-0.15, -0.1) is 0 Å². The standard InChI is InChI=1S/C20H39NO4.C2H6/c1-7-19-15(5)18(23)11-21-10-12(2)8-13(3)14(4)9-17(22)16(6)20(24)25-19;1-2/h12-19,21-23H,7-11H2,1-6H3;1-2H3/p+1. The van der Waals surface area contributed by atoms with Crippen LogP contribution in [0.2, 0.25) is 0 Å². The number of hydrogen-bond acceptors (Lipinski definition) is 4. The van der Waals surface area contributed by atoms with Gasteiger partial charge in [0.05, 0.1) is 6.10 Å². The van der Waals surface area contributed by atoms with Crippen molar-refractivity contribution >= 4 is 5.97 Å². The Labute approximate surface area is 167 Å². The highest BCUT2D eigenvalue weighted by molar-refractivity contribution is 5.72. The van der Waals surface area contributed by atoms with Gasteiger partial charge in [0, 0.05) is 18.9 Å². The minimum absolute atomic E-state index is 0.129. The molecule has 1 heterocycles. The van der Waals surface area contributed by atoms with Crippen molar-refractivity contribution in [3.8, 4) is 0 Å². The number of ether oxygens (including phenoxy) is 1. The molecule has 0 saturated carbocycles. The average Bonchev–Trinajstić information content (AvgIpc) is 2.65. The van der Waals surface area contributed by atoms with Gasteiger partial charge in [0.2, 0.25) is 0 Å². The molecule has 1 aliphatic rings. The van der Waals surface area contributed by atoms with Gasteiger partial charge in [0.1, 0.15) is 12.0 Å². The normalized spacial score (nSPS) is 40.0. The van der Waals surface area contributed by atoms with Crippen LogP contribution >= 0.6 is 0 Å². The lowest BCUT2D eigenvalue weighted by molar-refractivity contribution is -0.162. The van der Waals surface area contributed by atoms with Crippen LogP contribution in [0.15, 0.2) is 0 Å². The van der Waals surface area contributed by atoms with Crippen molar-refractivity contribution in [2.24, 2.45) is 29.6 Å². The number of carbonyl (C=O) groups excluding carboxylic acids is 1. The van der Waals surface area contributed by atoms with E-state index in [2.05, 4.69) is 26.1 Å². The van der Waals surface area contributed by atoms with Crippen LogP contribution in [0.1, 0.15) is 74.7 Å². The smallest absolute Gasteiger partial charge is 0.317 e. The Balaban J connectivity index is 0.00000326. The fourth-order valence-electron chi connectivity index (χ4n) is 3.68. The number of rotatable bonds is 1. The van der Waals surface area contributed by atoms with E-state index in [1.807, 2.05) is 27.7 Å². The molecule has 0 radical (unpaired) electrons. The van der Waals surface area contributed by atoms with Gasteiger partial charge in [-0.25, -0.2) is 0 Å². The Bertz CT molecular complexity index is 404. The molecular formula is C22H46NO4+. The van der Waals surface area contributed by atoms with E-state index in [-0.39, 0.29) is 18.0 Å². The quantitative estimate of drug-likeness (QED) is 0.533. The van der Waals surface area contributed by atoms with Crippen molar-refractivity contribution in [2.45, 2.75) is 93.0 Å². The molecule has 0 aliphatic carbocycles. The fraction of sp³-hybridized carbons (Fsp3) is 0.955. The molecule has 1 fully saturated rings. The largest absolute Gasteiger partial charge is 0.462 e. The summed E-state index contributed by atoms with van der Waals surface area (Å²) in [6, 6.07) is 0. The maximum atomic E-state index is 12.5. The molecule has 1 saturated heterocycles. The average molecular weight is 389 g/mol. The highest BCUT2D eigenvalue weighted by atomic mass is 16.5. The molecule has 4 N–H and O–H groups in total. The maximum absolute atomic E-state index is 12.5. The third-order valence-corrected chi connectivity index (χ3v) is 6.06. The third kappa shape index (κ3) is 8.93. The number of hydrogen-bond donors (Lipinski definition) is 2. The number of nitrogens with one attached hydrogen (secondary N) is 1. The van der Waals surface area contributed by atoms with Crippen molar-refractivity contribution in [2.75, 3.05) is 13.1 Å². The summed E-state index contributed by atoms with van der Waals surface area (Å²) in [7, 11) is 0. The maximum Gasteiger partial charge on any atom is 0.317 e. The predicted molar refractivity (Wildman–Crippen MR) is 113 cm³/mol. The van der Waals surface area contributed by atoms with E-state index in [1.54, 1.807) is 6.92 Å². The SMILES string of the molecule is CC.CCC1OC(=O)C(C)C([OH2+])CC(C)C(C)CC(C)CNCC(O)C1C. The lowest BCUT2D eigenvalue weighted by Gasteiger charge is -2.28. The zero-order chi connectivity index (χ0) is 21.1. The molecule has 27 heavy (non-hydrogen) atoms. The topological polar surface area (TPSA) is 81.5 Å². The molecule has 0 aromatic carbocycles. The highest BCUT2D eigenvalue weighted by Gasteiger charge is 2.34. The van der Waals surface area contributed by atoms with E-state index in [0.29, 0.717) is 37.1 Å². The highest BCUT2D eigenvalue weighted by Crippen LogP contribution is 2.27. The first-order chi connectivity index (χ1) is 12.7. The van der Waals surface area contributed by atoms with E-state index in [1.165, 1.54) is 0 Å². The molecule has 0 aromatic rings. The van der Waals surface area contributed by atoms with Crippen LogP contribution < -0.4 is 5.32 Å². The van der Waals surface area contributed by atoms with Crippen LogP contribution in [0, 0.1) is 29.6 Å². The molecule has 1 rings (SSSR count). The number of aliphatic hydroxyl groups is 1. The third-order valence-electron chi connectivity index (χ3n) is 6.06. The zero-order valence-corrected chi connectivity index (χ0v) is 18.9. The van der Waals surface area contributed by atoms with E-state index >= 15 is 0 Å². The molecular weight excluding hydrogens is 342 g/mol. The van der Waals surface area contributed by atoms with Crippen LogP contribution in [0.25, 0.3) is 0 Å². The van der Waals surface area contributed by atoms with Crippen LogP contribution in [-0.4, -0.2) is 47.6 Å². The van der Waals surface area contributed by atoms with Gasteiger partial charge in [0.15, 0.2) is 6.10 Å². The molecule has 8 atom stereocenters. The van der Waals surface area contributed by atoms with Gasteiger partial charge >= 0.3 is 5.97 Å². The molecule has 0 amide bonds. The minimum Gasteiger partial charge on any atom is -0.462 e. The summed E-state index contributed by atoms with van der Waals surface area (Å²) >= 11 is 0. The van der Waals surface area contributed by atoms with Crippen LogP contribution in [0.4, 0.5) is 0 Å². The van der Waals surface area contributed by atoms with E-state index in [4.69, 9.17) is 9.84 Å². The number of aliphatic hydroxyl groups excluding tert-OH is 1. The molecule has 162 valence electrons. The van der Waals surface area contributed by atoms with Crippen molar-refractivity contribution in [3.63, 3.8) is 0 Å². The summed E-state index contributed by atoms with van der Waals surface area (Å²) < 4.78 is 5.68. The molecule has 8 unspecified atom stereocenters. The second-order valence-electron chi connectivity index (χ2n) is 8.39. The lowest BCUT2D eigenvalue weighted by Crippen LogP contribution is -2.41. The number of esters is 1. The Morgan fingerprint density at radius 2 is 1.63 bits per heavy atom. The first-order valence-electron chi connectivity index (χ1n) is 11.0. The molecule has 0 aromatic heterocycles. The van der Waals surface area contributed by atoms with Crippen LogP contribution in [-0.2, 0) is 9.53 Å². The molecule has 5 heteroatoms. The molecule has 0 spiro atoms. The first-order valence-corrected chi connectivity index (χ1v) is 11.0. The lowest BCUT2D eigenvalue weighted by atomic mass is 9.82. The van der Waals surface area contributed by atoms with Gasteiger partial charge in [0.25, 0.3) is 0 Å². The molecule has 1 aliphatic heterocycles. The Morgan fingerprint density at radius 3 is 2.19 bits per heavy atom. The van der Waals surface area contributed by atoms with E-state index in [9.17, 15) is 9.90 Å². The fourth-order valence-corrected chi connectivity index (χ4v) is 3.68. The minimum atomic E-state index is -0.548. The summed E-state index contributed by atoms with van der Waals surface area (Å²) in [4.78, 5) is 12.5. The number of cyclic esters (lactones) is 1. The first kappa shape index (κ1) is 26.4. The predicted octanol–water partition coefficient (Wildman–Crippen LogP) is 3.35. The van der Waals surface area contributed by atoms with Crippen molar-refractivity contribution in [3.05, 3.63) is 0 Å².